The van der Waals surface area contributed by atoms with Crippen molar-refractivity contribution in [2.24, 2.45) is 0 Å². The monoisotopic (exact) mass is 267 g/mol. The Morgan fingerprint density at radius 3 is 2.06 bits per heavy atom. The van der Waals surface area contributed by atoms with Gasteiger partial charge >= 0.3 is 0 Å². The van der Waals surface area contributed by atoms with Crippen LogP contribution in [0.25, 0.3) is 0 Å². The highest BCUT2D eigenvalue weighted by Gasteiger charge is 2.25. The fourth-order valence-corrected chi connectivity index (χ4v) is 3.01. The Morgan fingerprint density at radius 2 is 1.72 bits per heavy atom. The molecule has 2 atom stereocenters. The summed E-state index contributed by atoms with van der Waals surface area (Å²) in [5.74, 6) is 0.194. The van der Waals surface area contributed by atoms with E-state index in [1.54, 1.807) is 11.3 Å². The van der Waals surface area contributed by atoms with Gasteiger partial charge in [0.15, 0.2) is 0 Å². The zero-order chi connectivity index (χ0) is 13.9. The van der Waals surface area contributed by atoms with Crippen LogP contribution in [0.2, 0.25) is 0 Å². The maximum absolute atomic E-state index is 12.6. The fraction of sp³-hybridized carbons (Fsp3) is 0.667. The van der Waals surface area contributed by atoms with Crippen LogP contribution in [0, 0.1) is 13.8 Å². The lowest BCUT2D eigenvalue weighted by Gasteiger charge is -2.33. The lowest BCUT2D eigenvalue weighted by molar-refractivity contribution is 0.0603. The Morgan fingerprint density at radius 1 is 1.22 bits per heavy atom. The van der Waals surface area contributed by atoms with Gasteiger partial charge in [0.2, 0.25) is 0 Å². The Balaban J connectivity index is 3.02. The molecule has 0 saturated carbocycles. The molecule has 0 aromatic carbocycles. The molecular weight excluding hydrogens is 242 g/mol. The molecule has 102 valence electrons. The molecule has 0 N–H and O–H groups in total. The van der Waals surface area contributed by atoms with Crippen LogP contribution in [0.1, 0.15) is 60.6 Å². The summed E-state index contributed by atoms with van der Waals surface area (Å²) in [5, 5.41) is 0. The molecule has 2 nitrogen and oxygen atoms in total. The van der Waals surface area contributed by atoms with Crippen molar-refractivity contribution in [2.45, 2.75) is 66.5 Å². The van der Waals surface area contributed by atoms with Crippen molar-refractivity contribution in [1.29, 1.82) is 0 Å². The summed E-state index contributed by atoms with van der Waals surface area (Å²) in [5.41, 5.74) is 1.22. The van der Waals surface area contributed by atoms with Gasteiger partial charge in [-0.25, -0.2) is 0 Å². The van der Waals surface area contributed by atoms with Gasteiger partial charge in [0.25, 0.3) is 5.91 Å². The average molecular weight is 267 g/mol. The number of carbonyl (C=O) groups is 1. The molecule has 1 aromatic rings. The van der Waals surface area contributed by atoms with E-state index >= 15 is 0 Å². The maximum Gasteiger partial charge on any atom is 0.264 e. The van der Waals surface area contributed by atoms with E-state index in [4.69, 9.17) is 0 Å². The molecule has 0 bridgehead atoms. The van der Waals surface area contributed by atoms with Gasteiger partial charge in [0, 0.05) is 17.0 Å². The van der Waals surface area contributed by atoms with Crippen LogP contribution in [0.3, 0.4) is 0 Å². The molecule has 0 aliphatic rings. The first-order valence-electron chi connectivity index (χ1n) is 6.82. The normalized spacial score (nSPS) is 14.3. The highest BCUT2D eigenvalue weighted by atomic mass is 32.1. The summed E-state index contributed by atoms with van der Waals surface area (Å²) < 4.78 is 0. The summed E-state index contributed by atoms with van der Waals surface area (Å²) >= 11 is 1.62. The standard InChI is InChI=1S/C15H25NOS/c1-7-11(4)16(12(5)8-2)15(17)14-9-10(3)13(6)18-14/h9,11-12H,7-8H2,1-6H3. The number of hydrogen-bond acceptors (Lipinski definition) is 2. The first-order valence-corrected chi connectivity index (χ1v) is 7.63. The molecule has 1 amide bonds. The number of aryl methyl sites for hydroxylation is 2. The van der Waals surface area contributed by atoms with E-state index in [0.29, 0.717) is 12.1 Å². The lowest BCUT2D eigenvalue weighted by Crippen LogP contribution is -2.44. The number of thiophene rings is 1. The van der Waals surface area contributed by atoms with Crippen LogP contribution in [-0.2, 0) is 0 Å². The van der Waals surface area contributed by atoms with Gasteiger partial charge < -0.3 is 4.90 Å². The van der Waals surface area contributed by atoms with Gasteiger partial charge in [0.05, 0.1) is 4.88 Å². The van der Waals surface area contributed by atoms with Crippen LogP contribution >= 0.6 is 11.3 Å². The first kappa shape index (κ1) is 15.2. The van der Waals surface area contributed by atoms with E-state index in [9.17, 15) is 4.79 Å². The minimum atomic E-state index is 0.194. The van der Waals surface area contributed by atoms with Crippen molar-refractivity contribution >= 4 is 17.2 Å². The Bertz CT molecular complexity index is 381. The second-order valence-electron chi connectivity index (χ2n) is 5.08. The largest absolute Gasteiger partial charge is 0.333 e. The molecule has 1 rings (SSSR count). The predicted molar refractivity (Wildman–Crippen MR) is 79.5 cm³/mol. The molecule has 0 aliphatic carbocycles. The van der Waals surface area contributed by atoms with Gasteiger partial charge in [-0.1, -0.05) is 13.8 Å². The first-order chi connectivity index (χ1) is 8.42. The summed E-state index contributed by atoms with van der Waals surface area (Å²) in [6.07, 6.45) is 2.00. The predicted octanol–water partition coefficient (Wildman–Crippen LogP) is 4.40. The van der Waals surface area contributed by atoms with Crippen molar-refractivity contribution in [3.05, 3.63) is 21.4 Å². The second-order valence-corrected chi connectivity index (χ2v) is 6.33. The van der Waals surface area contributed by atoms with Crippen LogP contribution in [0.5, 0.6) is 0 Å². The minimum Gasteiger partial charge on any atom is -0.333 e. The van der Waals surface area contributed by atoms with Gasteiger partial charge in [-0.2, -0.15) is 0 Å². The molecule has 0 saturated heterocycles. The van der Waals surface area contributed by atoms with Gasteiger partial charge in [-0.3, -0.25) is 4.79 Å². The third-order valence-electron chi connectivity index (χ3n) is 3.74. The molecule has 1 aromatic heterocycles. The van der Waals surface area contributed by atoms with Crippen molar-refractivity contribution < 1.29 is 4.79 Å². The average Bonchev–Trinajstić information content (AvgIpc) is 2.69. The van der Waals surface area contributed by atoms with E-state index in [0.717, 1.165) is 17.7 Å². The van der Waals surface area contributed by atoms with Crippen molar-refractivity contribution in [2.75, 3.05) is 0 Å². The zero-order valence-electron chi connectivity index (χ0n) is 12.4. The Kier molecular flexibility index (Phi) is 5.39. The van der Waals surface area contributed by atoms with Crippen molar-refractivity contribution in [3.63, 3.8) is 0 Å². The molecule has 0 spiro atoms. The summed E-state index contributed by atoms with van der Waals surface area (Å²) in [6, 6.07) is 2.63. The van der Waals surface area contributed by atoms with Crippen LogP contribution in [-0.4, -0.2) is 22.9 Å². The van der Waals surface area contributed by atoms with E-state index in [1.807, 2.05) is 11.0 Å². The maximum atomic E-state index is 12.6. The van der Waals surface area contributed by atoms with Crippen LogP contribution in [0.4, 0.5) is 0 Å². The molecule has 18 heavy (non-hydrogen) atoms. The molecular formula is C15H25NOS. The van der Waals surface area contributed by atoms with E-state index < -0.39 is 0 Å². The van der Waals surface area contributed by atoms with Gasteiger partial charge in [-0.05, 0) is 52.2 Å². The molecule has 0 fully saturated rings. The van der Waals surface area contributed by atoms with Crippen LogP contribution < -0.4 is 0 Å². The third-order valence-corrected chi connectivity index (χ3v) is 4.88. The molecule has 2 unspecified atom stereocenters. The van der Waals surface area contributed by atoms with E-state index in [1.165, 1.54) is 10.4 Å². The summed E-state index contributed by atoms with van der Waals surface area (Å²) in [6.45, 7) is 12.7. The third kappa shape index (κ3) is 3.14. The number of rotatable bonds is 5. The number of hydrogen-bond donors (Lipinski definition) is 0. The second kappa shape index (κ2) is 6.37. The molecule has 3 heteroatoms. The highest BCUT2D eigenvalue weighted by molar-refractivity contribution is 7.14. The highest BCUT2D eigenvalue weighted by Crippen LogP contribution is 2.24. The van der Waals surface area contributed by atoms with E-state index in [2.05, 4.69) is 41.5 Å². The van der Waals surface area contributed by atoms with Gasteiger partial charge in [0.1, 0.15) is 0 Å². The minimum absolute atomic E-state index is 0.194. The van der Waals surface area contributed by atoms with Crippen molar-refractivity contribution in [1.82, 2.24) is 4.90 Å². The summed E-state index contributed by atoms with van der Waals surface area (Å²) in [7, 11) is 0. The smallest absolute Gasteiger partial charge is 0.264 e. The van der Waals surface area contributed by atoms with Crippen LogP contribution in [0.15, 0.2) is 6.07 Å². The number of carbonyl (C=O) groups excluding carboxylic acids is 1. The SMILES string of the molecule is CCC(C)N(C(=O)c1cc(C)c(C)s1)C(C)CC. The molecule has 1 heterocycles. The zero-order valence-corrected chi connectivity index (χ0v) is 13.2. The quantitative estimate of drug-likeness (QED) is 0.774. The Labute approximate surface area is 115 Å². The van der Waals surface area contributed by atoms with E-state index in [-0.39, 0.29) is 5.91 Å². The summed E-state index contributed by atoms with van der Waals surface area (Å²) in [4.78, 5) is 16.8. The molecule has 0 aliphatic heterocycles. The van der Waals surface area contributed by atoms with Crippen molar-refractivity contribution in [3.8, 4) is 0 Å². The number of nitrogens with zero attached hydrogens (tertiary/aromatic N) is 1. The fourth-order valence-electron chi connectivity index (χ4n) is 2.03. The molecule has 0 radical (unpaired) electrons. The Hall–Kier alpha value is -0.830. The topological polar surface area (TPSA) is 20.3 Å². The lowest BCUT2D eigenvalue weighted by atomic mass is 10.1. The number of amides is 1. The van der Waals surface area contributed by atoms with Gasteiger partial charge in [-0.15, -0.1) is 11.3 Å².